The Morgan fingerprint density at radius 2 is 1.74 bits per heavy atom. The van der Waals surface area contributed by atoms with Gasteiger partial charge in [0, 0.05) is 19.6 Å². The van der Waals surface area contributed by atoms with Gasteiger partial charge >= 0.3 is 0 Å². The van der Waals surface area contributed by atoms with E-state index in [1.807, 2.05) is 7.05 Å². The molecule has 2 atom stereocenters. The molecule has 1 aliphatic carbocycles. The first-order chi connectivity index (χ1) is 9.08. The third-order valence-corrected chi connectivity index (χ3v) is 5.35. The Labute approximate surface area is 119 Å². The molecule has 2 saturated heterocycles. The van der Waals surface area contributed by atoms with Crippen molar-refractivity contribution in [3.8, 4) is 0 Å². The lowest BCUT2D eigenvalue weighted by Gasteiger charge is -2.22. The fourth-order valence-electron chi connectivity index (χ4n) is 4.18. The van der Waals surface area contributed by atoms with Gasteiger partial charge in [-0.25, -0.2) is 0 Å². The van der Waals surface area contributed by atoms with Crippen molar-refractivity contribution in [3.63, 3.8) is 0 Å². The van der Waals surface area contributed by atoms with Gasteiger partial charge in [-0.15, -0.1) is 0 Å². The Morgan fingerprint density at radius 1 is 1.11 bits per heavy atom. The minimum absolute atomic E-state index is 0.605. The van der Waals surface area contributed by atoms with E-state index in [-0.39, 0.29) is 0 Å². The molecular formula is C16H33N3. The van der Waals surface area contributed by atoms with Gasteiger partial charge in [0.15, 0.2) is 0 Å². The minimum Gasteiger partial charge on any atom is -0.319 e. The van der Waals surface area contributed by atoms with Crippen molar-refractivity contribution >= 4 is 0 Å². The van der Waals surface area contributed by atoms with Crippen LogP contribution >= 0.6 is 0 Å². The second-order valence-electron chi connectivity index (χ2n) is 7.54. The number of hydrogen-bond acceptors (Lipinski definition) is 3. The maximum absolute atomic E-state index is 3.42. The summed E-state index contributed by atoms with van der Waals surface area (Å²) in [7, 11) is 2.05. The summed E-state index contributed by atoms with van der Waals surface area (Å²) in [6, 6.07) is 0. The summed E-state index contributed by atoms with van der Waals surface area (Å²) in [5.74, 6) is 0.957. The summed E-state index contributed by atoms with van der Waals surface area (Å²) in [4.78, 5) is 0. The normalized spacial score (nSPS) is 36.5. The van der Waals surface area contributed by atoms with Crippen LogP contribution in [0.4, 0.5) is 0 Å². The predicted octanol–water partition coefficient (Wildman–Crippen LogP) is 1.99. The Bertz CT molecular complexity index is 246. The summed E-state index contributed by atoms with van der Waals surface area (Å²) in [6.07, 6.45) is 7.03. The van der Waals surface area contributed by atoms with Crippen LogP contribution in [0, 0.1) is 16.7 Å². The lowest BCUT2D eigenvalue weighted by Crippen LogP contribution is -2.26. The monoisotopic (exact) mass is 267 g/mol. The van der Waals surface area contributed by atoms with Gasteiger partial charge in [-0.05, 0) is 62.6 Å². The van der Waals surface area contributed by atoms with Gasteiger partial charge in [-0.2, -0.15) is 0 Å². The highest BCUT2D eigenvalue weighted by Crippen LogP contribution is 2.40. The molecule has 0 bridgehead atoms. The Balaban J connectivity index is 0.000000141. The number of hydrogen-bond donors (Lipinski definition) is 3. The zero-order valence-electron chi connectivity index (χ0n) is 13.1. The summed E-state index contributed by atoms with van der Waals surface area (Å²) in [6.45, 7) is 10.9. The molecule has 0 aromatic carbocycles. The zero-order valence-corrected chi connectivity index (χ0v) is 13.1. The highest BCUT2D eigenvalue weighted by atomic mass is 15.0. The molecule has 3 rings (SSSR count). The van der Waals surface area contributed by atoms with Crippen LogP contribution in [-0.2, 0) is 0 Å². The van der Waals surface area contributed by atoms with E-state index in [2.05, 4.69) is 29.8 Å². The van der Waals surface area contributed by atoms with Gasteiger partial charge in [0.25, 0.3) is 0 Å². The minimum atomic E-state index is 0.605. The largest absolute Gasteiger partial charge is 0.319 e. The smallest absolute Gasteiger partial charge is 0.00209 e. The van der Waals surface area contributed by atoms with Gasteiger partial charge in [-0.3, -0.25) is 0 Å². The van der Waals surface area contributed by atoms with Crippen molar-refractivity contribution < 1.29 is 0 Å². The summed E-state index contributed by atoms with van der Waals surface area (Å²) in [5, 5.41) is 10.1. The standard InChI is InChI=1S/C9H19N.C7H14N2/c1-8-4-5-9(2,6-8)7-10-3;1-3-8-5-7(1)2-4-9-6-7/h8,10H,4-7H2,1-3H3;8-9H,1-6H2. The molecule has 2 aliphatic heterocycles. The van der Waals surface area contributed by atoms with Crippen LogP contribution < -0.4 is 16.0 Å². The van der Waals surface area contributed by atoms with E-state index in [0.717, 1.165) is 5.92 Å². The molecule has 3 aliphatic rings. The SMILES string of the molecule is C1CC2(CCNC2)CN1.CNCC1(C)CCC(C)C1. The van der Waals surface area contributed by atoms with Gasteiger partial charge < -0.3 is 16.0 Å². The molecule has 1 saturated carbocycles. The lowest BCUT2D eigenvalue weighted by molar-refractivity contribution is 0.314. The Hall–Kier alpha value is -0.120. The predicted molar refractivity (Wildman–Crippen MR) is 82.5 cm³/mol. The first-order valence-electron chi connectivity index (χ1n) is 8.14. The second-order valence-corrected chi connectivity index (χ2v) is 7.54. The average Bonchev–Trinajstić information content (AvgIpc) is 3.07. The van der Waals surface area contributed by atoms with E-state index in [0.29, 0.717) is 10.8 Å². The third-order valence-electron chi connectivity index (χ3n) is 5.35. The van der Waals surface area contributed by atoms with E-state index in [4.69, 9.17) is 0 Å². The van der Waals surface area contributed by atoms with Crippen LogP contribution in [0.2, 0.25) is 0 Å². The van der Waals surface area contributed by atoms with Crippen molar-refractivity contribution in [2.45, 2.75) is 46.0 Å². The van der Waals surface area contributed by atoms with Gasteiger partial charge in [0.2, 0.25) is 0 Å². The van der Waals surface area contributed by atoms with E-state index in [1.54, 1.807) is 0 Å². The van der Waals surface area contributed by atoms with Crippen molar-refractivity contribution in [3.05, 3.63) is 0 Å². The van der Waals surface area contributed by atoms with Crippen LogP contribution in [-0.4, -0.2) is 39.8 Å². The first kappa shape index (κ1) is 15.3. The van der Waals surface area contributed by atoms with Crippen LogP contribution in [0.5, 0.6) is 0 Å². The van der Waals surface area contributed by atoms with Crippen LogP contribution in [0.1, 0.15) is 46.0 Å². The Morgan fingerprint density at radius 3 is 2.11 bits per heavy atom. The van der Waals surface area contributed by atoms with E-state index in [9.17, 15) is 0 Å². The second kappa shape index (κ2) is 6.55. The van der Waals surface area contributed by atoms with Crippen molar-refractivity contribution in [2.24, 2.45) is 16.7 Å². The fourth-order valence-corrected chi connectivity index (χ4v) is 4.18. The number of rotatable bonds is 2. The van der Waals surface area contributed by atoms with Gasteiger partial charge in [0.05, 0.1) is 0 Å². The van der Waals surface area contributed by atoms with Crippen LogP contribution in [0.3, 0.4) is 0 Å². The molecule has 1 spiro atoms. The highest BCUT2D eigenvalue weighted by molar-refractivity contribution is 4.93. The quantitative estimate of drug-likeness (QED) is 0.716. The molecule has 0 amide bonds. The average molecular weight is 267 g/mol. The zero-order chi connectivity index (χ0) is 13.8. The molecule has 3 N–H and O–H groups in total. The Kier molecular flexibility index (Phi) is 5.27. The summed E-state index contributed by atoms with van der Waals surface area (Å²) >= 11 is 0. The molecule has 2 unspecified atom stereocenters. The molecule has 3 fully saturated rings. The van der Waals surface area contributed by atoms with Gasteiger partial charge in [0.1, 0.15) is 0 Å². The van der Waals surface area contributed by atoms with Crippen molar-refractivity contribution in [2.75, 3.05) is 39.8 Å². The molecular weight excluding hydrogens is 234 g/mol. The van der Waals surface area contributed by atoms with E-state index in [1.165, 1.54) is 64.8 Å². The van der Waals surface area contributed by atoms with Gasteiger partial charge in [-0.1, -0.05) is 20.3 Å². The number of nitrogens with one attached hydrogen (secondary N) is 3. The maximum atomic E-state index is 3.42. The van der Waals surface area contributed by atoms with Crippen molar-refractivity contribution in [1.82, 2.24) is 16.0 Å². The molecule has 112 valence electrons. The maximum Gasteiger partial charge on any atom is 0.00209 e. The third kappa shape index (κ3) is 4.17. The first-order valence-corrected chi connectivity index (χ1v) is 8.14. The topological polar surface area (TPSA) is 36.1 Å². The molecule has 3 nitrogen and oxygen atoms in total. The molecule has 0 aromatic rings. The lowest BCUT2D eigenvalue weighted by atomic mass is 9.87. The van der Waals surface area contributed by atoms with E-state index < -0.39 is 0 Å². The summed E-state index contributed by atoms with van der Waals surface area (Å²) in [5.41, 5.74) is 1.27. The molecule has 0 aromatic heterocycles. The molecule has 2 heterocycles. The van der Waals surface area contributed by atoms with Crippen LogP contribution in [0.15, 0.2) is 0 Å². The highest BCUT2D eigenvalue weighted by Gasteiger charge is 2.36. The molecule has 0 radical (unpaired) electrons. The summed E-state index contributed by atoms with van der Waals surface area (Å²) < 4.78 is 0. The molecule has 19 heavy (non-hydrogen) atoms. The molecule has 3 heteroatoms. The van der Waals surface area contributed by atoms with Crippen LogP contribution in [0.25, 0.3) is 0 Å². The van der Waals surface area contributed by atoms with E-state index >= 15 is 0 Å². The fraction of sp³-hybridized carbons (Fsp3) is 1.00. The van der Waals surface area contributed by atoms with Crippen molar-refractivity contribution in [1.29, 1.82) is 0 Å².